The molecule has 0 unspecified atom stereocenters. The number of carbonyl (C=O) groups is 1. The van der Waals surface area contributed by atoms with Crippen molar-refractivity contribution in [2.45, 2.75) is 19.8 Å². The second-order valence-electron chi connectivity index (χ2n) is 6.13. The van der Waals surface area contributed by atoms with Crippen LogP contribution in [0.25, 0.3) is 0 Å². The van der Waals surface area contributed by atoms with Crippen LogP contribution in [0.15, 0.2) is 84.9 Å². The topological polar surface area (TPSA) is 47.6 Å². The van der Waals surface area contributed by atoms with Crippen LogP contribution < -0.4 is 10.1 Å². The molecule has 0 bridgehead atoms. The summed E-state index contributed by atoms with van der Waals surface area (Å²) in [5, 5.41) is 2.90. The second kappa shape index (κ2) is 10.1. The molecule has 0 saturated carbocycles. The zero-order valence-electron chi connectivity index (χ0n) is 15.1. The highest BCUT2D eigenvalue weighted by Crippen LogP contribution is 2.12. The fourth-order valence-corrected chi connectivity index (χ4v) is 2.63. The van der Waals surface area contributed by atoms with Crippen molar-refractivity contribution in [2.24, 2.45) is 0 Å². The lowest BCUT2D eigenvalue weighted by molar-refractivity contribution is -0.123. The lowest BCUT2D eigenvalue weighted by atomic mass is 10.1. The molecule has 0 radical (unpaired) electrons. The summed E-state index contributed by atoms with van der Waals surface area (Å²) < 4.78 is 11.3. The van der Waals surface area contributed by atoms with Crippen LogP contribution >= 0.6 is 0 Å². The highest BCUT2D eigenvalue weighted by molar-refractivity contribution is 5.77. The van der Waals surface area contributed by atoms with Crippen LogP contribution in [0.1, 0.15) is 16.7 Å². The molecule has 0 heterocycles. The van der Waals surface area contributed by atoms with E-state index in [1.165, 1.54) is 0 Å². The summed E-state index contributed by atoms with van der Waals surface area (Å²) in [5.74, 6) is 0.529. The molecular formula is C23H23NO3. The first-order valence-corrected chi connectivity index (χ1v) is 8.94. The van der Waals surface area contributed by atoms with Crippen molar-refractivity contribution in [1.29, 1.82) is 0 Å². The summed E-state index contributed by atoms with van der Waals surface area (Å²) in [4.78, 5) is 12.0. The van der Waals surface area contributed by atoms with Crippen LogP contribution in [0, 0.1) is 0 Å². The lowest BCUT2D eigenvalue weighted by Crippen LogP contribution is -2.28. The largest absolute Gasteiger partial charge is 0.484 e. The molecule has 3 rings (SSSR count). The van der Waals surface area contributed by atoms with Gasteiger partial charge in [-0.05, 0) is 28.8 Å². The van der Waals surface area contributed by atoms with Crippen LogP contribution in [0.2, 0.25) is 0 Å². The molecule has 0 atom stereocenters. The summed E-state index contributed by atoms with van der Waals surface area (Å²) in [5.41, 5.74) is 3.25. The van der Waals surface area contributed by atoms with Gasteiger partial charge in [0.15, 0.2) is 6.61 Å². The Bertz CT molecular complexity index is 835. The van der Waals surface area contributed by atoms with Gasteiger partial charge >= 0.3 is 0 Å². The fraction of sp³-hybridized carbons (Fsp3) is 0.174. The number of hydrogen-bond acceptors (Lipinski definition) is 3. The smallest absolute Gasteiger partial charge is 0.258 e. The van der Waals surface area contributed by atoms with Crippen molar-refractivity contribution in [2.75, 3.05) is 6.61 Å². The fourth-order valence-electron chi connectivity index (χ4n) is 2.63. The third-order valence-electron chi connectivity index (χ3n) is 4.08. The van der Waals surface area contributed by atoms with Crippen molar-refractivity contribution in [3.05, 3.63) is 102 Å². The van der Waals surface area contributed by atoms with Crippen molar-refractivity contribution in [3.63, 3.8) is 0 Å². The Morgan fingerprint density at radius 1 is 0.741 bits per heavy atom. The highest BCUT2D eigenvalue weighted by atomic mass is 16.5. The molecular weight excluding hydrogens is 338 g/mol. The summed E-state index contributed by atoms with van der Waals surface area (Å²) in [6.07, 6.45) is 0. The molecule has 138 valence electrons. The molecule has 4 heteroatoms. The maximum Gasteiger partial charge on any atom is 0.258 e. The molecule has 0 aliphatic rings. The quantitative estimate of drug-likeness (QED) is 0.624. The van der Waals surface area contributed by atoms with E-state index in [1.54, 1.807) is 0 Å². The van der Waals surface area contributed by atoms with Crippen LogP contribution in [0.4, 0.5) is 0 Å². The summed E-state index contributed by atoms with van der Waals surface area (Å²) in [6, 6.07) is 27.3. The first-order valence-electron chi connectivity index (χ1n) is 8.94. The summed E-state index contributed by atoms with van der Waals surface area (Å²) >= 11 is 0. The van der Waals surface area contributed by atoms with Gasteiger partial charge in [-0.1, -0.05) is 72.8 Å². The van der Waals surface area contributed by atoms with Gasteiger partial charge in [-0.25, -0.2) is 0 Å². The molecule has 0 saturated heterocycles. The minimum atomic E-state index is -0.154. The number of benzene rings is 3. The highest BCUT2D eigenvalue weighted by Gasteiger charge is 2.06. The van der Waals surface area contributed by atoms with Crippen LogP contribution in [-0.2, 0) is 29.3 Å². The maximum absolute atomic E-state index is 12.0. The molecule has 1 amide bonds. The maximum atomic E-state index is 12.0. The number of nitrogens with one attached hydrogen (secondary N) is 1. The molecule has 3 aromatic carbocycles. The molecule has 27 heavy (non-hydrogen) atoms. The van der Waals surface area contributed by atoms with Gasteiger partial charge in [0, 0.05) is 6.54 Å². The van der Waals surface area contributed by atoms with Crippen LogP contribution in [0.5, 0.6) is 5.75 Å². The standard InChI is InChI=1S/C23H23NO3/c25-23(18-27-22-13-5-2-6-14-22)24-15-20-11-7-8-12-21(20)17-26-16-19-9-3-1-4-10-19/h1-14H,15-18H2,(H,24,25). The first kappa shape index (κ1) is 18.7. The number of carbonyl (C=O) groups excluding carboxylic acids is 1. The molecule has 0 aliphatic heterocycles. The van der Waals surface area contributed by atoms with E-state index in [9.17, 15) is 4.79 Å². The summed E-state index contributed by atoms with van der Waals surface area (Å²) in [7, 11) is 0. The number of rotatable bonds is 9. The van der Waals surface area contributed by atoms with E-state index in [0.29, 0.717) is 25.5 Å². The SMILES string of the molecule is O=C(COc1ccccc1)NCc1ccccc1COCc1ccccc1. The second-order valence-corrected chi connectivity index (χ2v) is 6.13. The number of para-hydroxylation sites is 1. The Kier molecular flexibility index (Phi) is 7.01. The predicted molar refractivity (Wildman–Crippen MR) is 105 cm³/mol. The third kappa shape index (κ3) is 6.28. The van der Waals surface area contributed by atoms with E-state index < -0.39 is 0 Å². The van der Waals surface area contributed by atoms with Gasteiger partial charge in [0.1, 0.15) is 5.75 Å². The zero-order chi connectivity index (χ0) is 18.7. The van der Waals surface area contributed by atoms with E-state index in [4.69, 9.17) is 9.47 Å². The summed E-state index contributed by atoms with van der Waals surface area (Å²) in [6.45, 7) is 1.51. The number of amides is 1. The minimum absolute atomic E-state index is 0.00329. The molecule has 0 fully saturated rings. The molecule has 0 aliphatic carbocycles. The van der Waals surface area contributed by atoms with Crippen molar-refractivity contribution >= 4 is 5.91 Å². The van der Waals surface area contributed by atoms with Crippen molar-refractivity contribution in [1.82, 2.24) is 5.32 Å². The lowest BCUT2D eigenvalue weighted by Gasteiger charge is -2.12. The van der Waals surface area contributed by atoms with Gasteiger partial charge in [0.2, 0.25) is 0 Å². The average Bonchev–Trinajstić information content (AvgIpc) is 2.73. The molecule has 4 nitrogen and oxygen atoms in total. The Labute approximate surface area is 159 Å². The monoisotopic (exact) mass is 361 g/mol. The molecule has 0 spiro atoms. The average molecular weight is 361 g/mol. The number of ether oxygens (including phenoxy) is 2. The van der Waals surface area contributed by atoms with Gasteiger partial charge in [-0.3, -0.25) is 4.79 Å². The van der Waals surface area contributed by atoms with Crippen molar-refractivity contribution in [3.8, 4) is 5.75 Å². The zero-order valence-corrected chi connectivity index (χ0v) is 15.1. The van der Waals surface area contributed by atoms with E-state index >= 15 is 0 Å². The third-order valence-corrected chi connectivity index (χ3v) is 4.08. The van der Waals surface area contributed by atoms with Crippen LogP contribution in [0.3, 0.4) is 0 Å². The van der Waals surface area contributed by atoms with E-state index in [1.807, 2.05) is 84.9 Å². The van der Waals surface area contributed by atoms with Crippen molar-refractivity contribution < 1.29 is 14.3 Å². The molecule has 3 aromatic rings. The van der Waals surface area contributed by atoms with Gasteiger partial charge in [-0.2, -0.15) is 0 Å². The van der Waals surface area contributed by atoms with E-state index in [-0.39, 0.29) is 12.5 Å². The normalized spacial score (nSPS) is 10.4. The first-order chi connectivity index (χ1) is 13.3. The van der Waals surface area contributed by atoms with Gasteiger partial charge in [0.05, 0.1) is 13.2 Å². The Balaban J connectivity index is 1.46. The number of hydrogen-bond donors (Lipinski definition) is 1. The Morgan fingerprint density at radius 2 is 1.37 bits per heavy atom. The van der Waals surface area contributed by atoms with Gasteiger partial charge < -0.3 is 14.8 Å². The van der Waals surface area contributed by atoms with E-state index in [0.717, 1.165) is 16.7 Å². The van der Waals surface area contributed by atoms with Gasteiger partial charge in [-0.15, -0.1) is 0 Å². The Hall–Kier alpha value is -3.11. The van der Waals surface area contributed by atoms with Crippen LogP contribution in [-0.4, -0.2) is 12.5 Å². The Morgan fingerprint density at radius 3 is 2.11 bits per heavy atom. The molecule has 0 aromatic heterocycles. The van der Waals surface area contributed by atoms with Gasteiger partial charge in [0.25, 0.3) is 5.91 Å². The predicted octanol–water partition coefficient (Wildman–Crippen LogP) is 4.10. The molecule has 1 N–H and O–H groups in total. The minimum Gasteiger partial charge on any atom is -0.484 e. The van der Waals surface area contributed by atoms with E-state index in [2.05, 4.69) is 5.32 Å².